The number of nitrogens with one attached hydrogen (secondary N) is 1. The predicted molar refractivity (Wildman–Crippen MR) is 79.3 cm³/mol. The van der Waals surface area contributed by atoms with Gasteiger partial charge in [-0.05, 0) is 33.0 Å². The molecule has 112 valence electrons. The zero-order valence-electron chi connectivity index (χ0n) is 12.6. The Morgan fingerprint density at radius 1 is 1.45 bits per heavy atom. The lowest BCUT2D eigenvalue weighted by molar-refractivity contribution is -0.00652. The minimum atomic E-state index is -0.136. The van der Waals surface area contributed by atoms with Gasteiger partial charge in [-0.1, -0.05) is 25.1 Å². The highest BCUT2D eigenvalue weighted by molar-refractivity contribution is 5.21. The van der Waals surface area contributed by atoms with Crippen LogP contribution in [0, 0.1) is 5.82 Å². The molecule has 0 aliphatic carbocycles. The van der Waals surface area contributed by atoms with Crippen LogP contribution in [0.1, 0.15) is 31.9 Å². The molecule has 1 saturated heterocycles. The fourth-order valence-electron chi connectivity index (χ4n) is 2.95. The molecule has 4 heteroatoms. The van der Waals surface area contributed by atoms with Crippen molar-refractivity contribution in [3.8, 4) is 0 Å². The van der Waals surface area contributed by atoms with Crippen molar-refractivity contribution in [1.29, 1.82) is 0 Å². The van der Waals surface area contributed by atoms with Crippen molar-refractivity contribution >= 4 is 0 Å². The first kappa shape index (κ1) is 15.4. The van der Waals surface area contributed by atoms with Gasteiger partial charge in [-0.3, -0.25) is 4.90 Å². The van der Waals surface area contributed by atoms with E-state index in [9.17, 15) is 4.39 Å². The zero-order chi connectivity index (χ0) is 14.5. The van der Waals surface area contributed by atoms with Crippen LogP contribution in [0.25, 0.3) is 0 Å². The van der Waals surface area contributed by atoms with E-state index >= 15 is 0 Å². The van der Waals surface area contributed by atoms with Crippen molar-refractivity contribution in [3.05, 3.63) is 35.6 Å². The van der Waals surface area contributed by atoms with Crippen LogP contribution < -0.4 is 5.32 Å². The number of benzene rings is 1. The maximum Gasteiger partial charge on any atom is 0.127 e. The van der Waals surface area contributed by atoms with Crippen LogP contribution >= 0.6 is 0 Å². The molecule has 3 unspecified atom stereocenters. The monoisotopic (exact) mass is 280 g/mol. The highest BCUT2D eigenvalue weighted by Gasteiger charge is 2.31. The number of nitrogens with zero attached hydrogens (tertiary/aromatic N) is 1. The summed E-state index contributed by atoms with van der Waals surface area (Å²) in [6.45, 7) is 6.62. The van der Waals surface area contributed by atoms with Gasteiger partial charge in [0.2, 0.25) is 0 Å². The Labute approximate surface area is 121 Å². The van der Waals surface area contributed by atoms with E-state index in [1.165, 1.54) is 6.07 Å². The van der Waals surface area contributed by atoms with Crippen LogP contribution in [0.4, 0.5) is 4.39 Å². The van der Waals surface area contributed by atoms with Crippen molar-refractivity contribution in [2.75, 3.05) is 26.8 Å². The summed E-state index contributed by atoms with van der Waals surface area (Å²) >= 11 is 0. The Kier molecular flexibility index (Phi) is 5.52. The van der Waals surface area contributed by atoms with Gasteiger partial charge < -0.3 is 10.1 Å². The maximum absolute atomic E-state index is 13.9. The van der Waals surface area contributed by atoms with Gasteiger partial charge in [0.25, 0.3) is 0 Å². The molecule has 20 heavy (non-hydrogen) atoms. The van der Waals surface area contributed by atoms with Crippen molar-refractivity contribution < 1.29 is 9.13 Å². The maximum atomic E-state index is 13.9. The molecule has 0 radical (unpaired) electrons. The molecule has 0 bridgehead atoms. The summed E-state index contributed by atoms with van der Waals surface area (Å²) in [6, 6.07) is 7.73. The van der Waals surface area contributed by atoms with E-state index in [-0.39, 0.29) is 17.9 Å². The van der Waals surface area contributed by atoms with Gasteiger partial charge in [0.15, 0.2) is 0 Å². The Hall–Kier alpha value is -0.970. The Morgan fingerprint density at radius 2 is 2.20 bits per heavy atom. The summed E-state index contributed by atoms with van der Waals surface area (Å²) in [5.74, 6) is -0.136. The van der Waals surface area contributed by atoms with Crippen molar-refractivity contribution in [1.82, 2.24) is 10.2 Å². The molecule has 1 N–H and O–H groups in total. The minimum Gasteiger partial charge on any atom is -0.380 e. The highest BCUT2D eigenvalue weighted by atomic mass is 19.1. The lowest BCUT2D eigenvalue weighted by Crippen LogP contribution is -2.54. The number of rotatable bonds is 5. The molecule has 0 amide bonds. The lowest BCUT2D eigenvalue weighted by Gasteiger charge is -2.41. The summed E-state index contributed by atoms with van der Waals surface area (Å²) in [4.78, 5) is 2.23. The summed E-state index contributed by atoms with van der Waals surface area (Å²) in [6.07, 6.45) is 1.01. The molecule has 0 saturated carbocycles. The summed E-state index contributed by atoms with van der Waals surface area (Å²) in [7, 11) is 2.06. The van der Waals surface area contributed by atoms with E-state index in [2.05, 4.69) is 31.1 Å². The van der Waals surface area contributed by atoms with Crippen LogP contribution in [-0.4, -0.2) is 43.8 Å². The second kappa shape index (κ2) is 7.16. The molecular formula is C16H25FN2O. The standard InChI is InChI=1S/C16H25FN2O/c1-4-18-15-9-10-20-11-16(15)19(3)12(2)13-7-5-6-8-14(13)17/h5-8,12,15-16,18H,4,9-11H2,1-3H3. The quantitative estimate of drug-likeness (QED) is 0.897. The van der Waals surface area contributed by atoms with Gasteiger partial charge in [0.05, 0.1) is 6.61 Å². The largest absolute Gasteiger partial charge is 0.380 e. The fraction of sp³-hybridized carbons (Fsp3) is 0.625. The molecule has 1 aromatic rings. The van der Waals surface area contributed by atoms with Crippen LogP contribution in [0.5, 0.6) is 0 Å². The van der Waals surface area contributed by atoms with E-state index in [0.29, 0.717) is 12.6 Å². The Bertz CT molecular complexity index is 425. The molecule has 1 aliphatic heterocycles. The Balaban J connectivity index is 2.12. The van der Waals surface area contributed by atoms with Gasteiger partial charge in [0, 0.05) is 30.3 Å². The van der Waals surface area contributed by atoms with Crippen LogP contribution in [0.15, 0.2) is 24.3 Å². The first-order valence-corrected chi connectivity index (χ1v) is 7.42. The van der Waals surface area contributed by atoms with E-state index < -0.39 is 0 Å². The third-order valence-corrected chi connectivity index (χ3v) is 4.28. The molecule has 1 aromatic carbocycles. The molecule has 0 aromatic heterocycles. The van der Waals surface area contributed by atoms with Gasteiger partial charge in [-0.25, -0.2) is 4.39 Å². The van der Waals surface area contributed by atoms with E-state index in [0.717, 1.165) is 25.1 Å². The molecule has 2 rings (SSSR count). The minimum absolute atomic E-state index is 0.0315. The Morgan fingerprint density at radius 3 is 2.90 bits per heavy atom. The molecule has 3 nitrogen and oxygen atoms in total. The normalized spacial score (nSPS) is 24.9. The average molecular weight is 280 g/mol. The summed E-state index contributed by atoms with van der Waals surface area (Å²) in [5, 5.41) is 3.52. The van der Waals surface area contributed by atoms with E-state index in [4.69, 9.17) is 4.74 Å². The zero-order valence-corrected chi connectivity index (χ0v) is 12.6. The number of hydrogen-bond acceptors (Lipinski definition) is 3. The van der Waals surface area contributed by atoms with Gasteiger partial charge in [-0.2, -0.15) is 0 Å². The number of ether oxygens (including phenoxy) is 1. The second-order valence-corrected chi connectivity index (χ2v) is 5.46. The summed E-state index contributed by atoms with van der Waals surface area (Å²) in [5.41, 5.74) is 0.746. The van der Waals surface area contributed by atoms with Crippen LogP contribution in [0.2, 0.25) is 0 Å². The lowest BCUT2D eigenvalue weighted by atomic mass is 9.98. The van der Waals surface area contributed by atoms with E-state index in [1.807, 2.05) is 12.1 Å². The smallest absolute Gasteiger partial charge is 0.127 e. The topological polar surface area (TPSA) is 24.5 Å². The summed E-state index contributed by atoms with van der Waals surface area (Å²) < 4.78 is 19.6. The molecule has 1 heterocycles. The predicted octanol–water partition coefficient (Wildman–Crippen LogP) is 2.59. The molecule has 1 aliphatic rings. The van der Waals surface area contributed by atoms with Gasteiger partial charge >= 0.3 is 0 Å². The average Bonchev–Trinajstić information content (AvgIpc) is 2.47. The fourth-order valence-corrected chi connectivity index (χ4v) is 2.95. The highest BCUT2D eigenvalue weighted by Crippen LogP contribution is 2.26. The van der Waals surface area contributed by atoms with Crippen LogP contribution in [0.3, 0.4) is 0 Å². The molecule has 0 spiro atoms. The first-order valence-electron chi connectivity index (χ1n) is 7.42. The molecule has 3 atom stereocenters. The van der Waals surface area contributed by atoms with E-state index in [1.54, 1.807) is 6.07 Å². The molecule has 1 fully saturated rings. The van der Waals surface area contributed by atoms with Crippen molar-refractivity contribution in [2.45, 2.75) is 38.4 Å². The molecular weight excluding hydrogens is 255 g/mol. The van der Waals surface area contributed by atoms with Gasteiger partial charge in [0.1, 0.15) is 5.82 Å². The first-order chi connectivity index (χ1) is 9.65. The third-order valence-electron chi connectivity index (χ3n) is 4.28. The SMILES string of the molecule is CCNC1CCOCC1N(C)C(C)c1ccccc1F. The van der Waals surface area contributed by atoms with Crippen molar-refractivity contribution in [3.63, 3.8) is 0 Å². The van der Waals surface area contributed by atoms with Crippen LogP contribution in [-0.2, 0) is 4.74 Å². The number of halogens is 1. The van der Waals surface area contributed by atoms with Gasteiger partial charge in [-0.15, -0.1) is 0 Å². The second-order valence-electron chi connectivity index (χ2n) is 5.46. The number of likely N-dealkylation sites (N-methyl/N-ethyl adjacent to an activating group) is 2. The van der Waals surface area contributed by atoms with Crippen molar-refractivity contribution in [2.24, 2.45) is 0 Å². The number of hydrogen-bond donors (Lipinski definition) is 1. The third kappa shape index (κ3) is 3.37.